The number of phosphoric ester groups is 1. The van der Waals surface area contributed by atoms with Crippen LogP contribution in [0.25, 0.3) is 0 Å². The van der Waals surface area contributed by atoms with Crippen LogP contribution in [0.2, 0.25) is 0 Å². The number of carbonyl (C=O) groups is 1. The number of quaternary nitrogens is 1. The third kappa shape index (κ3) is 58.4. The first-order chi connectivity index (χ1) is 36.0. The van der Waals surface area contributed by atoms with Gasteiger partial charge in [0.15, 0.2) is 0 Å². The van der Waals surface area contributed by atoms with Crippen molar-refractivity contribution in [3.63, 3.8) is 0 Å². The Hall–Kier alpha value is -1.28. The SMILES string of the molecule is CCCCCCCCCC/C=C\CCCCCCCCCCCCCCCCCCCCCCCCCC(=O)NC(COP(=O)([O-])OCC[N+](C)(C)C)C(O)/C=C/CC/C=C/CCCCCCCCCCCCC. The van der Waals surface area contributed by atoms with Gasteiger partial charge < -0.3 is 28.8 Å². The number of hydrogen-bond acceptors (Lipinski definition) is 6. The van der Waals surface area contributed by atoms with Gasteiger partial charge in [0.25, 0.3) is 7.82 Å². The molecular weight excluding hydrogens is 936 g/mol. The van der Waals surface area contributed by atoms with Gasteiger partial charge in [-0.15, -0.1) is 0 Å². The van der Waals surface area contributed by atoms with Gasteiger partial charge in [-0.2, -0.15) is 0 Å². The molecule has 0 spiro atoms. The first kappa shape index (κ1) is 72.7. The number of aliphatic hydroxyl groups excluding tert-OH is 1. The summed E-state index contributed by atoms with van der Waals surface area (Å²) in [7, 11) is 1.26. The van der Waals surface area contributed by atoms with E-state index < -0.39 is 20.0 Å². The molecule has 0 fully saturated rings. The smallest absolute Gasteiger partial charge is 0.268 e. The molecule has 0 aliphatic heterocycles. The molecule has 2 N–H and O–H groups in total. The van der Waals surface area contributed by atoms with Gasteiger partial charge in [0.1, 0.15) is 13.2 Å². The van der Waals surface area contributed by atoms with Crippen LogP contribution in [0, 0.1) is 0 Å². The molecule has 438 valence electrons. The van der Waals surface area contributed by atoms with Crippen LogP contribution in [-0.4, -0.2) is 68.5 Å². The summed E-state index contributed by atoms with van der Waals surface area (Å²) in [6.07, 6.45) is 74.1. The van der Waals surface area contributed by atoms with E-state index in [1.807, 2.05) is 27.2 Å². The Morgan fingerprint density at radius 1 is 0.459 bits per heavy atom. The van der Waals surface area contributed by atoms with E-state index >= 15 is 0 Å². The Kier molecular flexibility index (Phi) is 55.5. The molecule has 9 heteroatoms. The molecule has 0 bridgehead atoms. The molecule has 0 aromatic rings. The van der Waals surface area contributed by atoms with Crippen LogP contribution in [0.3, 0.4) is 0 Å². The number of hydrogen-bond donors (Lipinski definition) is 2. The Labute approximate surface area is 461 Å². The van der Waals surface area contributed by atoms with Crippen molar-refractivity contribution in [2.24, 2.45) is 0 Å². The quantitative estimate of drug-likeness (QED) is 0.0272. The number of rotatable bonds is 60. The third-order valence-corrected chi connectivity index (χ3v) is 15.8. The zero-order chi connectivity index (χ0) is 54.2. The molecule has 0 saturated carbocycles. The average molecular weight is 1060 g/mol. The summed E-state index contributed by atoms with van der Waals surface area (Å²) in [6, 6.07) is -0.901. The van der Waals surface area contributed by atoms with Gasteiger partial charge >= 0.3 is 0 Å². The fraction of sp³-hybridized carbons (Fsp3) is 0.892. The van der Waals surface area contributed by atoms with Crippen molar-refractivity contribution in [1.82, 2.24) is 5.32 Å². The predicted octanol–water partition coefficient (Wildman–Crippen LogP) is 19.5. The normalized spacial score (nSPS) is 14.0. The second kappa shape index (κ2) is 56.4. The summed E-state index contributed by atoms with van der Waals surface area (Å²) in [5.41, 5.74) is 0. The fourth-order valence-electron chi connectivity index (χ4n) is 9.76. The minimum Gasteiger partial charge on any atom is -0.756 e. The van der Waals surface area contributed by atoms with E-state index in [1.54, 1.807) is 6.08 Å². The molecule has 74 heavy (non-hydrogen) atoms. The summed E-state index contributed by atoms with van der Waals surface area (Å²) in [4.78, 5) is 25.5. The maximum atomic E-state index is 13.0. The van der Waals surface area contributed by atoms with E-state index in [0.717, 1.165) is 38.5 Å². The summed E-state index contributed by atoms with van der Waals surface area (Å²) < 4.78 is 23.4. The zero-order valence-electron chi connectivity index (χ0n) is 50.1. The number of likely N-dealkylation sites (N-methyl/N-ethyl adjacent to an activating group) is 1. The maximum absolute atomic E-state index is 13.0. The van der Waals surface area contributed by atoms with Crippen LogP contribution in [0.5, 0.6) is 0 Å². The number of unbranched alkanes of at least 4 members (excludes halogenated alkanes) is 43. The van der Waals surface area contributed by atoms with Gasteiger partial charge in [-0.3, -0.25) is 9.36 Å². The van der Waals surface area contributed by atoms with Gasteiger partial charge in [0.2, 0.25) is 5.91 Å². The van der Waals surface area contributed by atoms with E-state index in [4.69, 9.17) is 9.05 Å². The van der Waals surface area contributed by atoms with E-state index in [9.17, 15) is 19.4 Å². The molecule has 8 nitrogen and oxygen atoms in total. The number of carbonyl (C=O) groups excluding carboxylic acids is 1. The number of nitrogens with zero attached hydrogens (tertiary/aromatic N) is 1. The Morgan fingerprint density at radius 2 is 0.757 bits per heavy atom. The van der Waals surface area contributed by atoms with Gasteiger partial charge in [-0.1, -0.05) is 294 Å². The molecule has 3 atom stereocenters. The molecule has 0 aliphatic rings. The molecule has 0 heterocycles. The van der Waals surface area contributed by atoms with Gasteiger partial charge in [-0.25, -0.2) is 0 Å². The third-order valence-electron chi connectivity index (χ3n) is 14.8. The molecule has 0 saturated heterocycles. The molecule has 0 radical (unpaired) electrons. The van der Waals surface area contributed by atoms with Crippen molar-refractivity contribution >= 4 is 13.7 Å². The highest BCUT2D eigenvalue weighted by molar-refractivity contribution is 7.45. The first-order valence-electron chi connectivity index (χ1n) is 32.4. The summed E-state index contributed by atoms with van der Waals surface area (Å²) >= 11 is 0. The summed E-state index contributed by atoms with van der Waals surface area (Å²) in [6.45, 7) is 4.67. The van der Waals surface area contributed by atoms with Crippen LogP contribution in [0.1, 0.15) is 322 Å². The summed E-state index contributed by atoms with van der Waals surface area (Å²) in [5.74, 6) is -0.201. The zero-order valence-corrected chi connectivity index (χ0v) is 51.0. The highest BCUT2D eigenvalue weighted by Crippen LogP contribution is 2.38. The highest BCUT2D eigenvalue weighted by Gasteiger charge is 2.23. The van der Waals surface area contributed by atoms with Crippen LogP contribution in [0.4, 0.5) is 0 Å². The lowest BCUT2D eigenvalue weighted by molar-refractivity contribution is -0.870. The number of aliphatic hydroxyl groups is 1. The molecular formula is C65H127N2O6P. The Morgan fingerprint density at radius 3 is 1.09 bits per heavy atom. The number of allylic oxidation sites excluding steroid dienone is 5. The highest BCUT2D eigenvalue weighted by atomic mass is 31.2. The van der Waals surface area contributed by atoms with Crippen LogP contribution < -0.4 is 10.2 Å². The first-order valence-corrected chi connectivity index (χ1v) is 33.8. The van der Waals surface area contributed by atoms with E-state index in [-0.39, 0.29) is 19.1 Å². The van der Waals surface area contributed by atoms with Crippen LogP contribution >= 0.6 is 7.82 Å². The van der Waals surface area contributed by atoms with Crippen molar-refractivity contribution < 1.29 is 32.9 Å². The molecule has 0 aromatic heterocycles. The van der Waals surface area contributed by atoms with Crippen molar-refractivity contribution in [3.8, 4) is 0 Å². The molecule has 0 aliphatic carbocycles. The standard InChI is InChI=1S/C65H127N2O6P/c1-6-8-10-12-14-16-18-20-22-24-25-26-27-28-29-30-31-32-33-34-35-36-37-38-39-40-41-43-45-47-49-51-53-55-57-59-65(69)66-63(62-73-74(70,71)72-61-60-67(3,4)5)64(68)58-56-54-52-50-48-46-44-42-23-21-19-17-15-13-11-9-7-2/h24-25,48,50,56,58,63-64,68H,6-23,26-47,49,51-55,57,59-62H2,1-5H3,(H-,66,69,70,71)/b25-24-,50-48+,58-56+. The number of phosphoric acid groups is 1. The lowest BCUT2D eigenvalue weighted by Gasteiger charge is -2.29. The number of amides is 1. The molecule has 3 unspecified atom stereocenters. The topological polar surface area (TPSA) is 108 Å². The molecule has 0 aromatic carbocycles. The van der Waals surface area contributed by atoms with Crippen molar-refractivity contribution in [3.05, 3.63) is 36.5 Å². The van der Waals surface area contributed by atoms with E-state index in [0.29, 0.717) is 17.4 Å². The fourth-order valence-corrected chi connectivity index (χ4v) is 10.5. The largest absolute Gasteiger partial charge is 0.756 e. The van der Waals surface area contributed by atoms with Crippen molar-refractivity contribution in [1.29, 1.82) is 0 Å². The van der Waals surface area contributed by atoms with E-state index in [1.165, 1.54) is 263 Å². The van der Waals surface area contributed by atoms with E-state index in [2.05, 4.69) is 43.5 Å². The Bertz CT molecular complexity index is 1300. The number of nitrogens with one attached hydrogen (secondary N) is 1. The monoisotopic (exact) mass is 1060 g/mol. The van der Waals surface area contributed by atoms with Gasteiger partial charge in [-0.05, 0) is 57.8 Å². The Balaban J connectivity index is 3.99. The van der Waals surface area contributed by atoms with Crippen LogP contribution in [-0.2, 0) is 18.4 Å². The van der Waals surface area contributed by atoms with Crippen molar-refractivity contribution in [2.45, 2.75) is 334 Å². The molecule has 1 amide bonds. The maximum Gasteiger partial charge on any atom is 0.268 e. The lowest BCUT2D eigenvalue weighted by atomic mass is 10.0. The minimum absolute atomic E-state index is 0.00453. The van der Waals surface area contributed by atoms with Gasteiger partial charge in [0.05, 0.1) is 39.9 Å². The molecule has 0 rings (SSSR count). The summed E-state index contributed by atoms with van der Waals surface area (Å²) in [5, 5.41) is 13.9. The van der Waals surface area contributed by atoms with Crippen molar-refractivity contribution in [2.75, 3.05) is 40.9 Å². The van der Waals surface area contributed by atoms with Crippen LogP contribution in [0.15, 0.2) is 36.5 Å². The second-order valence-corrected chi connectivity index (χ2v) is 24.9. The average Bonchev–Trinajstić information content (AvgIpc) is 3.36. The second-order valence-electron chi connectivity index (χ2n) is 23.5. The predicted molar refractivity (Wildman–Crippen MR) is 321 cm³/mol. The minimum atomic E-state index is -4.60. The lowest BCUT2D eigenvalue weighted by Crippen LogP contribution is -2.45. The van der Waals surface area contributed by atoms with Gasteiger partial charge in [0, 0.05) is 6.42 Å².